The molecule has 0 aliphatic carbocycles. The molecular formula is C11H11F. The van der Waals surface area contributed by atoms with E-state index in [0.717, 1.165) is 5.56 Å². The van der Waals surface area contributed by atoms with Gasteiger partial charge in [0.1, 0.15) is 5.83 Å². The Morgan fingerprint density at radius 2 is 1.92 bits per heavy atom. The zero-order chi connectivity index (χ0) is 8.97. The Hall–Kier alpha value is -1.37. The summed E-state index contributed by atoms with van der Waals surface area (Å²) in [5.41, 5.74) is 1.53. The van der Waals surface area contributed by atoms with E-state index in [2.05, 4.69) is 6.58 Å². The van der Waals surface area contributed by atoms with Crippen molar-refractivity contribution < 1.29 is 4.39 Å². The molecule has 0 heterocycles. The number of hydrogen-bond donors (Lipinski definition) is 0. The van der Waals surface area contributed by atoms with Gasteiger partial charge >= 0.3 is 0 Å². The van der Waals surface area contributed by atoms with Crippen molar-refractivity contribution in [1.82, 2.24) is 0 Å². The second-order valence-corrected chi connectivity index (χ2v) is 2.54. The first-order valence-corrected chi connectivity index (χ1v) is 3.80. The Bertz CT molecular complexity index is 296. The van der Waals surface area contributed by atoms with Gasteiger partial charge in [0.15, 0.2) is 0 Å². The Morgan fingerprint density at radius 1 is 1.33 bits per heavy atom. The highest BCUT2D eigenvalue weighted by atomic mass is 19.1. The van der Waals surface area contributed by atoms with Crippen molar-refractivity contribution in [2.75, 3.05) is 0 Å². The van der Waals surface area contributed by atoms with Crippen LogP contribution in [0.2, 0.25) is 0 Å². The van der Waals surface area contributed by atoms with Crippen molar-refractivity contribution in [3.05, 3.63) is 54.4 Å². The average molecular weight is 162 g/mol. The Balaban J connectivity index is 3.08. The van der Waals surface area contributed by atoms with Crippen LogP contribution in [0.5, 0.6) is 0 Å². The SMILES string of the molecule is C=C/C(F)=C(/C)c1ccccc1. The van der Waals surface area contributed by atoms with E-state index in [-0.39, 0.29) is 5.83 Å². The molecule has 0 fully saturated rings. The Labute approximate surface area is 72.0 Å². The molecule has 1 rings (SSSR count). The van der Waals surface area contributed by atoms with Crippen LogP contribution in [0.25, 0.3) is 5.57 Å². The van der Waals surface area contributed by atoms with Crippen molar-refractivity contribution in [1.29, 1.82) is 0 Å². The van der Waals surface area contributed by atoms with Crippen LogP contribution < -0.4 is 0 Å². The highest BCUT2D eigenvalue weighted by Gasteiger charge is 1.98. The van der Waals surface area contributed by atoms with Gasteiger partial charge in [-0.1, -0.05) is 36.9 Å². The molecule has 0 N–H and O–H groups in total. The van der Waals surface area contributed by atoms with Crippen molar-refractivity contribution in [3.63, 3.8) is 0 Å². The van der Waals surface area contributed by atoms with Gasteiger partial charge in [-0.3, -0.25) is 0 Å². The normalized spacial score (nSPS) is 12.2. The van der Waals surface area contributed by atoms with Crippen LogP contribution in [0.15, 0.2) is 48.8 Å². The zero-order valence-corrected chi connectivity index (χ0v) is 7.05. The van der Waals surface area contributed by atoms with Crippen molar-refractivity contribution in [2.45, 2.75) is 6.92 Å². The molecule has 0 aromatic heterocycles. The lowest BCUT2D eigenvalue weighted by atomic mass is 10.1. The van der Waals surface area contributed by atoms with Crippen LogP contribution in [0.3, 0.4) is 0 Å². The summed E-state index contributed by atoms with van der Waals surface area (Å²) < 4.78 is 13.0. The molecule has 0 saturated carbocycles. The Morgan fingerprint density at radius 3 is 2.42 bits per heavy atom. The van der Waals surface area contributed by atoms with Gasteiger partial charge in [0.25, 0.3) is 0 Å². The molecule has 0 atom stereocenters. The zero-order valence-electron chi connectivity index (χ0n) is 7.05. The summed E-state index contributed by atoms with van der Waals surface area (Å²) in [5, 5.41) is 0. The molecule has 0 aliphatic heterocycles. The Kier molecular flexibility index (Phi) is 2.81. The molecule has 1 heteroatoms. The van der Waals surface area contributed by atoms with E-state index in [4.69, 9.17) is 0 Å². The summed E-state index contributed by atoms with van der Waals surface area (Å²) in [6.07, 6.45) is 1.22. The van der Waals surface area contributed by atoms with Gasteiger partial charge < -0.3 is 0 Å². The second kappa shape index (κ2) is 3.86. The van der Waals surface area contributed by atoms with Gasteiger partial charge in [0.2, 0.25) is 0 Å². The first kappa shape index (κ1) is 8.72. The van der Waals surface area contributed by atoms with Gasteiger partial charge in [-0.05, 0) is 24.1 Å². The maximum atomic E-state index is 13.0. The largest absolute Gasteiger partial charge is 0.207 e. The van der Waals surface area contributed by atoms with Crippen molar-refractivity contribution in [2.24, 2.45) is 0 Å². The fourth-order valence-corrected chi connectivity index (χ4v) is 0.979. The average Bonchev–Trinajstić information content (AvgIpc) is 2.17. The third-order valence-corrected chi connectivity index (χ3v) is 1.74. The van der Waals surface area contributed by atoms with E-state index in [1.165, 1.54) is 6.08 Å². The number of halogens is 1. The second-order valence-electron chi connectivity index (χ2n) is 2.54. The van der Waals surface area contributed by atoms with Gasteiger partial charge in [-0.25, -0.2) is 4.39 Å². The molecule has 0 unspecified atom stereocenters. The summed E-state index contributed by atoms with van der Waals surface area (Å²) in [4.78, 5) is 0. The minimum absolute atomic E-state index is 0.263. The predicted octanol–water partition coefficient (Wildman–Crippen LogP) is 3.57. The molecule has 0 amide bonds. The first-order valence-electron chi connectivity index (χ1n) is 3.80. The first-order chi connectivity index (χ1) is 5.75. The molecule has 0 saturated heterocycles. The third-order valence-electron chi connectivity index (χ3n) is 1.74. The maximum Gasteiger partial charge on any atom is 0.126 e. The van der Waals surface area contributed by atoms with E-state index in [0.29, 0.717) is 5.57 Å². The number of rotatable bonds is 2. The summed E-state index contributed by atoms with van der Waals surface area (Å²) in [7, 11) is 0. The van der Waals surface area contributed by atoms with Crippen LogP contribution in [0.4, 0.5) is 4.39 Å². The smallest absolute Gasteiger partial charge is 0.126 e. The lowest BCUT2D eigenvalue weighted by Crippen LogP contribution is -1.80. The lowest BCUT2D eigenvalue weighted by molar-refractivity contribution is 0.670. The summed E-state index contributed by atoms with van der Waals surface area (Å²) in [5.74, 6) is -0.263. The van der Waals surface area contributed by atoms with E-state index in [1.807, 2.05) is 30.3 Å². The molecule has 0 nitrogen and oxygen atoms in total. The van der Waals surface area contributed by atoms with Gasteiger partial charge in [0.05, 0.1) is 0 Å². The molecule has 0 bridgehead atoms. The quantitative estimate of drug-likeness (QED) is 0.583. The predicted molar refractivity (Wildman–Crippen MR) is 50.3 cm³/mol. The third kappa shape index (κ3) is 1.82. The van der Waals surface area contributed by atoms with Crippen LogP contribution in [0.1, 0.15) is 12.5 Å². The minimum Gasteiger partial charge on any atom is -0.207 e. The summed E-state index contributed by atoms with van der Waals surface area (Å²) in [6.45, 7) is 5.12. The van der Waals surface area contributed by atoms with Gasteiger partial charge in [0, 0.05) is 0 Å². The molecule has 1 aromatic rings. The molecule has 12 heavy (non-hydrogen) atoms. The van der Waals surface area contributed by atoms with E-state index >= 15 is 0 Å². The lowest BCUT2D eigenvalue weighted by Gasteiger charge is -2.00. The van der Waals surface area contributed by atoms with Crippen LogP contribution in [-0.4, -0.2) is 0 Å². The fraction of sp³-hybridized carbons (Fsp3) is 0.0909. The summed E-state index contributed by atoms with van der Waals surface area (Å²) in [6, 6.07) is 9.42. The van der Waals surface area contributed by atoms with Gasteiger partial charge in [-0.2, -0.15) is 0 Å². The van der Waals surface area contributed by atoms with Crippen molar-refractivity contribution >= 4 is 5.57 Å². The molecule has 0 spiro atoms. The molecule has 0 aliphatic rings. The maximum absolute atomic E-state index is 13.0. The number of hydrogen-bond acceptors (Lipinski definition) is 0. The number of benzene rings is 1. The van der Waals surface area contributed by atoms with Crippen molar-refractivity contribution in [3.8, 4) is 0 Å². The minimum atomic E-state index is -0.263. The van der Waals surface area contributed by atoms with E-state index in [1.54, 1.807) is 6.92 Å². The van der Waals surface area contributed by atoms with Crippen LogP contribution in [-0.2, 0) is 0 Å². The van der Waals surface area contributed by atoms with E-state index in [9.17, 15) is 4.39 Å². The molecule has 1 aromatic carbocycles. The summed E-state index contributed by atoms with van der Waals surface area (Å²) >= 11 is 0. The topological polar surface area (TPSA) is 0 Å². The molecular weight excluding hydrogens is 151 g/mol. The monoisotopic (exact) mass is 162 g/mol. The fourth-order valence-electron chi connectivity index (χ4n) is 0.979. The van der Waals surface area contributed by atoms with Gasteiger partial charge in [-0.15, -0.1) is 0 Å². The highest BCUT2D eigenvalue weighted by Crippen LogP contribution is 2.18. The van der Waals surface area contributed by atoms with E-state index < -0.39 is 0 Å². The standard InChI is InChI=1S/C11H11F/c1-3-11(12)9(2)10-7-5-4-6-8-10/h3-8H,1H2,2H3/b11-9+. The van der Waals surface area contributed by atoms with Crippen LogP contribution in [0, 0.1) is 0 Å². The molecule has 62 valence electrons. The highest BCUT2D eigenvalue weighted by molar-refractivity contribution is 5.67. The molecule has 0 radical (unpaired) electrons. The number of allylic oxidation sites excluding steroid dienone is 3. The van der Waals surface area contributed by atoms with Crippen LogP contribution >= 0.6 is 0 Å².